The number of imidazole rings is 1. The number of carbonyl (C=O) groups is 1. The van der Waals surface area contributed by atoms with Crippen LogP contribution in [-0.4, -0.2) is 21.0 Å². The molecule has 1 aromatic heterocycles. The molecule has 1 heterocycles. The Balaban J connectivity index is 2.43. The first-order valence-corrected chi connectivity index (χ1v) is 3.17. The van der Waals surface area contributed by atoms with Crippen LogP contribution in [-0.2, 0) is 4.79 Å². The van der Waals surface area contributed by atoms with Crippen molar-refractivity contribution in [3.8, 4) is 0 Å². The van der Waals surface area contributed by atoms with Gasteiger partial charge in [0.25, 0.3) is 0 Å². The molecule has 11 heavy (non-hydrogen) atoms. The second-order valence-corrected chi connectivity index (χ2v) is 1.97. The Hall–Kier alpha value is -1.58. The third-order valence-corrected chi connectivity index (χ3v) is 1.09. The van der Waals surface area contributed by atoms with Crippen LogP contribution in [0.3, 0.4) is 0 Å². The summed E-state index contributed by atoms with van der Waals surface area (Å²) >= 11 is 0. The summed E-state index contributed by atoms with van der Waals surface area (Å²) < 4.78 is 0. The summed E-state index contributed by atoms with van der Waals surface area (Å²) in [5.74, 6) is -0.168. The number of aliphatic carboxylic acids is 1. The summed E-state index contributed by atoms with van der Waals surface area (Å²) in [4.78, 5) is 16.7. The van der Waals surface area contributed by atoms with Crippen LogP contribution in [0.2, 0.25) is 0 Å². The van der Waals surface area contributed by atoms with Crippen molar-refractivity contribution in [2.75, 3.05) is 0 Å². The summed E-state index contributed by atoms with van der Waals surface area (Å²) in [7, 11) is 0. The Kier molecular flexibility index (Phi) is 2.43. The number of aromatic amines is 1. The van der Waals surface area contributed by atoms with Crippen LogP contribution < -0.4 is 0 Å². The van der Waals surface area contributed by atoms with Gasteiger partial charge >= 0.3 is 5.97 Å². The van der Waals surface area contributed by atoms with Crippen LogP contribution in [0.25, 0.3) is 6.08 Å². The van der Waals surface area contributed by atoms with Crippen molar-refractivity contribution < 1.29 is 9.90 Å². The van der Waals surface area contributed by atoms with Gasteiger partial charge in [-0.3, -0.25) is 4.79 Å². The van der Waals surface area contributed by atoms with Crippen LogP contribution in [0.5, 0.6) is 0 Å². The highest BCUT2D eigenvalue weighted by molar-refractivity contribution is 5.69. The van der Waals surface area contributed by atoms with Crippen LogP contribution in [0.1, 0.15) is 12.2 Å². The lowest BCUT2D eigenvalue weighted by Crippen LogP contribution is -1.89. The number of carboxylic acid groups (broad SMARTS) is 1. The van der Waals surface area contributed by atoms with Gasteiger partial charge in [0.15, 0.2) is 0 Å². The molecular formula is C7H8N2O2. The lowest BCUT2D eigenvalue weighted by molar-refractivity contribution is -0.135. The Morgan fingerprint density at radius 3 is 3.18 bits per heavy atom. The summed E-state index contributed by atoms with van der Waals surface area (Å²) in [5, 5.41) is 8.26. The zero-order valence-electron chi connectivity index (χ0n) is 5.82. The van der Waals surface area contributed by atoms with Crippen molar-refractivity contribution >= 4 is 12.0 Å². The van der Waals surface area contributed by atoms with E-state index in [9.17, 15) is 4.79 Å². The van der Waals surface area contributed by atoms with E-state index in [1.807, 2.05) is 0 Å². The predicted octanol–water partition coefficient (Wildman–Crippen LogP) is 0.898. The van der Waals surface area contributed by atoms with Gasteiger partial charge in [-0.05, 0) is 6.08 Å². The number of rotatable bonds is 3. The predicted molar refractivity (Wildman–Crippen MR) is 39.9 cm³/mol. The SMILES string of the molecule is O=C(O)CC=Cc1ncc[nH]1. The normalized spacial score (nSPS) is 10.5. The van der Waals surface area contributed by atoms with E-state index in [-0.39, 0.29) is 6.42 Å². The Morgan fingerprint density at radius 1 is 1.82 bits per heavy atom. The van der Waals surface area contributed by atoms with Gasteiger partial charge < -0.3 is 10.1 Å². The third-order valence-electron chi connectivity index (χ3n) is 1.09. The fraction of sp³-hybridized carbons (Fsp3) is 0.143. The number of H-pyrrole nitrogens is 1. The van der Waals surface area contributed by atoms with E-state index in [4.69, 9.17) is 5.11 Å². The molecule has 0 unspecified atom stereocenters. The summed E-state index contributed by atoms with van der Waals surface area (Å²) in [6, 6.07) is 0. The number of nitrogens with zero attached hydrogens (tertiary/aromatic N) is 1. The molecule has 0 amide bonds. The molecule has 0 atom stereocenters. The second-order valence-electron chi connectivity index (χ2n) is 1.97. The smallest absolute Gasteiger partial charge is 0.307 e. The van der Waals surface area contributed by atoms with Crippen LogP contribution in [0, 0.1) is 0 Å². The van der Waals surface area contributed by atoms with Crippen molar-refractivity contribution in [1.82, 2.24) is 9.97 Å². The average Bonchev–Trinajstić information content (AvgIpc) is 2.39. The van der Waals surface area contributed by atoms with Crippen molar-refractivity contribution in [2.24, 2.45) is 0 Å². The van der Waals surface area contributed by atoms with Crippen molar-refractivity contribution in [3.05, 3.63) is 24.3 Å². The highest BCUT2D eigenvalue weighted by atomic mass is 16.4. The Morgan fingerprint density at radius 2 is 2.64 bits per heavy atom. The lowest BCUT2D eigenvalue weighted by Gasteiger charge is -1.82. The molecule has 0 radical (unpaired) electrons. The zero-order chi connectivity index (χ0) is 8.10. The molecule has 0 spiro atoms. The van der Waals surface area contributed by atoms with Crippen LogP contribution in [0.4, 0.5) is 0 Å². The van der Waals surface area contributed by atoms with Gasteiger partial charge in [0.2, 0.25) is 0 Å². The van der Waals surface area contributed by atoms with Crippen molar-refractivity contribution in [1.29, 1.82) is 0 Å². The van der Waals surface area contributed by atoms with Gasteiger partial charge in [0.1, 0.15) is 5.82 Å². The van der Waals surface area contributed by atoms with E-state index >= 15 is 0 Å². The molecule has 0 aliphatic heterocycles. The van der Waals surface area contributed by atoms with Crippen LogP contribution >= 0.6 is 0 Å². The van der Waals surface area contributed by atoms with E-state index in [1.54, 1.807) is 24.5 Å². The van der Waals surface area contributed by atoms with E-state index < -0.39 is 5.97 Å². The first kappa shape index (κ1) is 7.53. The molecule has 2 N–H and O–H groups in total. The Bertz CT molecular complexity index is 251. The minimum absolute atomic E-state index is 0.0285. The van der Waals surface area contributed by atoms with Crippen molar-refractivity contribution in [2.45, 2.75) is 6.42 Å². The molecule has 0 aromatic carbocycles. The maximum absolute atomic E-state index is 10.0. The van der Waals surface area contributed by atoms with Gasteiger partial charge in [0, 0.05) is 12.4 Å². The summed E-state index contributed by atoms with van der Waals surface area (Å²) in [6.45, 7) is 0. The number of carboxylic acids is 1. The standard InChI is InChI=1S/C7H8N2O2/c10-7(11)3-1-2-6-8-4-5-9-6/h1-2,4-5H,3H2,(H,8,9)(H,10,11). The largest absolute Gasteiger partial charge is 0.481 e. The number of hydrogen-bond donors (Lipinski definition) is 2. The molecular weight excluding hydrogens is 144 g/mol. The fourth-order valence-electron chi connectivity index (χ4n) is 0.640. The quantitative estimate of drug-likeness (QED) is 0.676. The molecule has 0 bridgehead atoms. The number of nitrogens with one attached hydrogen (secondary N) is 1. The van der Waals surface area contributed by atoms with Gasteiger partial charge in [-0.25, -0.2) is 4.98 Å². The van der Waals surface area contributed by atoms with Crippen LogP contribution in [0.15, 0.2) is 18.5 Å². The van der Waals surface area contributed by atoms with E-state index in [1.165, 1.54) is 0 Å². The Labute approximate surface area is 63.6 Å². The molecule has 0 saturated heterocycles. The topological polar surface area (TPSA) is 66.0 Å². The van der Waals surface area contributed by atoms with Crippen molar-refractivity contribution in [3.63, 3.8) is 0 Å². The summed E-state index contributed by atoms with van der Waals surface area (Å²) in [5.41, 5.74) is 0. The second kappa shape index (κ2) is 3.55. The highest BCUT2D eigenvalue weighted by Crippen LogP contribution is 1.93. The first-order valence-electron chi connectivity index (χ1n) is 3.17. The average molecular weight is 152 g/mol. The molecule has 58 valence electrons. The minimum Gasteiger partial charge on any atom is -0.481 e. The molecule has 0 aliphatic carbocycles. The first-order chi connectivity index (χ1) is 5.29. The van der Waals surface area contributed by atoms with Gasteiger partial charge in [-0.2, -0.15) is 0 Å². The molecule has 4 heteroatoms. The molecule has 0 aliphatic rings. The maximum atomic E-state index is 10.0. The molecule has 4 nitrogen and oxygen atoms in total. The minimum atomic E-state index is -0.840. The molecule has 1 aromatic rings. The fourth-order valence-corrected chi connectivity index (χ4v) is 0.640. The third kappa shape index (κ3) is 2.66. The van der Waals surface area contributed by atoms with E-state index in [2.05, 4.69) is 9.97 Å². The molecule has 0 fully saturated rings. The summed E-state index contributed by atoms with van der Waals surface area (Å²) in [6.07, 6.45) is 6.50. The maximum Gasteiger partial charge on any atom is 0.307 e. The number of hydrogen-bond acceptors (Lipinski definition) is 2. The monoisotopic (exact) mass is 152 g/mol. The molecule has 0 saturated carbocycles. The lowest BCUT2D eigenvalue weighted by atomic mass is 10.4. The molecule has 1 rings (SSSR count). The van der Waals surface area contributed by atoms with Gasteiger partial charge in [-0.1, -0.05) is 6.08 Å². The van der Waals surface area contributed by atoms with Gasteiger partial charge in [0.05, 0.1) is 6.42 Å². The van der Waals surface area contributed by atoms with Gasteiger partial charge in [-0.15, -0.1) is 0 Å². The number of aromatic nitrogens is 2. The highest BCUT2D eigenvalue weighted by Gasteiger charge is 1.90. The van der Waals surface area contributed by atoms with E-state index in [0.717, 1.165) is 0 Å². The zero-order valence-corrected chi connectivity index (χ0v) is 5.82. The van der Waals surface area contributed by atoms with E-state index in [0.29, 0.717) is 5.82 Å².